The van der Waals surface area contributed by atoms with E-state index in [-0.39, 0.29) is 23.8 Å². The normalized spacial score (nSPS) is 15.2. The summed E-state index contributed by atoms with van der Waals surface area (Å²) in [5, 5.41) is 4.82. The SMILES string of the molecule is COc1ccc(CN2CCC(CNC(=O)CCNS(=O)(=O)c3ccc4ccccc4c3)CC2)cc1. The van der Waals surface area contributed by atoms with Gasteiger partial charge in [-0.1, -0.05) is 42.5 Å². The van der Waals surface area contributed by atoms with Crippen molar-refractivity contribution in [1.29, 1.82) is 0 Å². The lowest BCUT2D eigenvalue weighted by atomic mass is 9.96. The predicted octanol–water partition coefficient (Wildman–Crippen LogP) is 3.55. The van der Waals surface area contributed by atoms with Crippen LogP contribution >= 0.6 is 0 Å². The van der Waals surface area contributed by atoms with Crippen molar-refractivity contribution in [1.82, 2.24) is 14.9 Å². The lowest BCUT2D eigenvalue weighted by Gasteiger charge is -2.32. The summed E-state index contributed by atoms with van der Waals surface area (Å²) < 4.78 is 33.0. The zero-order valence-corrected chi connectivity index (χ0v) is 20.9. The Balaban J connectivity index is 1.15. The average molecular weight is 496 g/mol. The van der Waals surface area contributed by atoms with Gasteiger partial charge < -0.3 is 10.1 Å². The van der Waals surface area contributed by atoms with Gasteiger partial charge in [-0.15, -0.1) is 0 Å². The Hall–Kier alpha value is -2.94. The van der Waals surface area contributed by atoms with Gasteiger partial charge in [0.2, 0.25) is 15.9 Å². The summed E-state index contributed by atoms with van der Waals surface area (Å²) in [5.74, 6) is 1.18. The number of nitrogens with one attached hydrogen (secondary N) is 2. The molecule has 3 aromatic rings. The summed E-state index contributed by atoms with van der Waals surface area (Å²) in [4.78, 5) is 14.9. The molecule has 0 unspecified atom stereocenters. The number of methoxy groups -OCH3 is 1. The van der Waals surface area contributed by atoms with Crippen molar-refractivity contribution in [3.05, 3.63) is 72.3 Å². The summed E-state index contributed by atoms with van der Waals surface area (Å²) in [5.41, 5.74) is 1.27. The smallest absolute Gasteiger partial charge is 0.240 e. The van der Waals surface area contributed by atoms with Crippen LogP contribution in [0.5, 0.6) is 5.75 Å². The number of benzene rings is 3. The van der Waals surface area contributed by atoms with Gasteiger partial charge in [0.15, 0.2) is 0 Å². The van der Waals surface area contributed by atoms with Crippen molar-refractivity contribution < 1.29 is 17.9 Å². The fraction of sp³-hybridized carbons (Fsp3) is 0.370. The summed E-state index contributed by atoms with van der Waals surface area (Å²) in [6.45, 7) is 3.62. The van der Waals surface area contributed by atoms with E-state index >= 15 is 0 Å². The second-order valence-corrected chi connectivity index (χ2v) is 10.8. The van der Waals surface area contributed by atoms with Gasteiger partial charge in [0.05, 0.1) is 12.0 Å². The van der Waals surface area contributed by atoms with Crippen molar-refractivity contribution in [2.45, 2.75) is 30.7 Å². The Kier molecular flexibility index (Phi) is 8.38. The molecule has 1 amide bonds. The number of nitrogens with zero attached hydrogens (tertiary/aromatic N) is 1. The first-order valence-corrected chi connectivity index (χ1v) is 13.5. The Morgan fingerprint density at radius 1 is 1.00 bits per heavy atom. The number of hydrogen-bond acceptors (Lipinski definition) is 5. The Labute approximate surface area is 207 Å². The van der Waals surface area contributed by atoms with E-state index in [0.717, 1.165) is 49.0 Å². The van der Waals surface area contributed by atoms with E-state index in [2.05, 4.69) is 27.1 Å². The molecule has 1 aliphatic heterocycles. The lowest BCUT2D eigenvalue weighted by Crippen LogP contribution is -2.39. The number of hydrogen-bond donors (Lipinski definition) is 2. The molecule has 7 nitrogen and oxygen atoms in total. The van der Waals surface area contributed by atoms with Crippen molar-refractivity contribution in [2.24, 2.45) is 5.92 Å². The number of carbonyl (C=O) groups excluding carboxylic acids is 1. The first-order chi connectivity index (χ1) is 16.9. The van der Waals surface area contributed by atoms with Crippen LogP contribution in [0.1, 0.15) is 24.8 Å². The Morgan fingerprint density at radius 2 is 1.71 bits per heavy atom. The third-order valence-electron chi connectivity index (χ3n) is 6.54. The first-order valence-electron chi connectivity index (χ1n) is 12.0. The van der Waals surface area contributed by atoms with Gasteiger partial charge in [-0.2, -0.15) is 0 Å². The molecule has 1 heterocycles. The van der Waals surface area contributed by atoms with E-state index in [1.54, 1.807) is 25.3 Å². The van der Waals surface area contributed by atoms with Crippen LogP contribution in [0.3, 0.4) is 0 Å². The zero-order chi connectivity index (χ0) is 24.7. The van der Waals surface area contributed by atoms with Crippen LogP contribution in [-0.4, -0.2) is 52.5 Å². The predicted molar refractivity (Wildman–Crippen MR) is 138 cm³/mol. The topological polar surface area (TPSA) is 87.7 Å². The van der Waals surface area contributed by atoms with Crippen molar-refractivity contribution in [3.8, 4) is 5.75 Å². The highest BCUT2D eigenvalue weighted by Gasteiger charge is 2.20. The highest BCUT2D eigenvalue weighted by Crippen LogP contribution is 2.20. The zero-order valence-electron chi connectivity index (χ0n) is 20.1. The van der Waals surface area contributed by atoms with Crippen LogP contribution < -0.4 is 14.8 Å². The van der Waals surface area contributed by atoms with E-state index < -0.39 is 10.0 Å². The van der Waals surface area contributed by atoms with Gasteiger partial charge in [0, 0.05) is 26.1 Å². The molecule has 2 N–H and O–H groups in total. The van der Waals surface area contributed by atoms with Gasteiger partial charge in [0.25, 0.3) is 0 Å². The van der Waals surface area contributed by atoms with E-state index in [1.165, 1.54) is 5.56 Å². The number of sulfonamides is 1. The molecule has 0 bridgehead atoms. The molecule has 0 spiro atoms. The molecule has 0 radical (unpaired) electrons. The third kappa shape index (κ3) is 7.04. The van der Waals surface area contributed by atoms with Crippen LogP contribution in [0.4, 0.5) is 0 Å². The molecular formula is C27H33N3O4S. The Morgan fingerprint density at radius 3 is 2.43 bits per heavy atom. The maximum atomic E-state index is 12.6. The van der Waals surface area contributed by atoms with Crippen molar-refractivity contribution >= 4 is 26.7 Å². The van der Waals surface area contributed by atoms with Crippen LogP contribution in [0.2, 0.25) is 0 Å². The number of carbonyl (C=O) groups is 1. The molecule has 3 aromatic carbocycles. The summed E-state index contributed by atoms with van der Waals surface area (Å²) in [7, 11) is -1.99. The summed E-state index contributed by atoms with van der Waals surface area (Å²) >= 11 is 0. The van der Waals surface area contributed by atoms with Crippen LogP contribution in [0, 0.1) is 5.92 Å². The van der Waals surface area contributed by atoms with E-state index in [1.807, 2.05) is 36.4 Å². The van der Waals surface area contributed by atoms with Crippen molar-refractivity contribution in [3.63, 3.8) is 0 Å². The first kappa shape index (κ1) is 25.2. The quantitative estimate of drug-likeness (QED) is 0.449. The van der Waals surface area contributed by atoms with Crippen molar-refractivity contribution in [2.75, 3.05) is 33.3 Å². The molecule has 8 heteroatoms. The third-order valence-corrected chi connectivity index (χ3v) is 7.99. The second-order valence-electron chi connectivity index (χ2n) is 9.03. The molecule has 0 atom stereocenters. The molecule has 1 fully saturated rings. The number of fused-ring (bicyclic) bond motifs is 1. The van der Waals surface area contributed by atoms with Gasteiger partial charge in [0.1, 0.15) is 5.75 Å². The van der Waals surface area contributed by atoms with Crippen LogP contribution in [0.25, 0.3) is 10.8 Å². The molecular weight excluding hydrogens is 462 g/mol. The van der Waals surface area contributed by atoms with Crippen LogP contribution in [0.15, 0.2) is 71.6 Å². The lowest BCUT2D eigenvalue weighted by molar-refractivity contribution is -0.121. The summed E-state index contributed by atoms with van der Waals surface area (Å²) in [6.07, 6.45) is 2.18. The largest absolute Gasteiger partial charge is 0.497 e. The highest BCUT2D eigenvalue weighted by atomic mass is 32.2. The maximum absolute atomic E-state index is 12.6. The maximum Gasteiger partial charge on any atom is 0.240 e. The van der Waals surface area contributed by atoms with Gasteiger partial charge in [-0.05, 0) is 72.5 Å². The number of ether oxygens (including phenoxy) is 1. The van der Waals surface area contributed by atoms with Gasteiger partial charge in [-0.3, -0.25) is 9.69 Å². The minimum Gasteiger partial charge on any atom is -0.497 e. The molecule has 186 valence electrons. The Bertz CT molecular complexity index is 1240. The number of amides is 1. The van der Waals surface area contributed by atoms with Gasteiger partial charge in [-0.25, -0.2) is 13.1 Å². The monoisotopic (exact) mass is 495 g/mol. The summed E-state index contributed by atoms with van der Waals surface area (Å²) in [6, 6.07) is 20.8. The molecule has 1 aliphatic rings. The fourth-order valence-corrected chi connectivity index (χ4v) is 5.47. The fourth-order valence-electron chi connectivity index (χ4n) is 4.40. The second kappa shape index (κ2) is 11.7. The number of rotatable bonds is 10. The average Bonchev–Trinajstić information content (AvgIpc) is 2.88. The van der Waals surface area contributed by atoms with E-state index in [0.29, 0.717) is 12.5 Å². The minimum absolute atomic E-state index is 0.0707. The standard InChI is InChI=1S/C27H33N3O4S/c1-34-25-9-6-22(7-10-25)20-30-16-13-21(14-17-30)19-28-27(31)12-15-29-35(32,33)26-11-8-23-4-2-3-5-24(23)18-26/h2-11,18,21,29H,12-17,19-20H2,1H3,(H,28,31). The number of piperidine rings is 1. The molecule has 0 aromatic heterocycles. The molecule has 4 rings (SSSR count). The van der Waals surface area contributed by atoms with E-state index in [9.17, 15) is 13.2 Å². The van der Waals surface area contributed by atoms with E-state index in [4.69, 9.17) is 4.74 Å². The molecule has 0 aliphatic carbocycles. The van der Waals surface area contributed by atoms with Crippen LogP contribution in [-0.2, 0) is 21.4 Å². The number of likely N-dealkylation sites (tertiary alicyclic amines) is 1. The minimum atomic E-state index is -3.66. The molecule has 0 saturated carbocycles. The molecule has 1 saturated heterocycles. The highest BCUT2D eigenvalue weighted by molar-refractivity contribution is 7.89. The van der Waals surface area contributed by atoms with Gasteiger partial charge >= 0.3 is 0 Å². The molecule has 35 heavy (non-hydrogen) atoms.